The Balaban J connectivity index is 1.68. The van der Waals surface area contributed by atoms with Crippen molar-refractivity contribution in [1.29, 1.82) is 5.26 Å². The van der Waals surface area contributed by atoms with Crippen molar-refractivity contribution in [2.75, 3.05) is 5.32 Å². The second-order valence-corrected chi connectivity index (χ2v) is 11.8. The van der Waals surface area contributed by atoms with E-state index in [1.54, 1.807) is 49.4 Å². The Morgan fingerprint density at radius 2 is 1.79 bits per heavy atom. The molecule has 2 atom stereocenters. The molecule has 0 bridgehead atoms. The Kier molecular flexibility index (Phi) is 7.97. The third-order valence-corrected chi connectivity index (χ3v) is 7.33. The summed E-state index contributed by atoms with van der Waals surface area (Å²) in [6.45, 7) is 7.35. The molecule has 2 N–H and O–H groups in total. The van der Waals surface area contributed by atoms with E-state index in [-0.39, 0.29) is 11.4 Å². The number of nitriles is 1. The molecule has 0 aliphatic rings. The molecule has 9 heteroatoms. The zero-order chi connectivity index (χ0) is 27.4. The van der Waals surface area contributed by atoms with Gasteiger partial charge in [0.15, 0.2) is 0 Å². The van der Waals surface area contributed by atoms with Gasteiger partial charge in [0.25, 0.3) is 5.91 Å². The molecule has 2 unspecified atom stereocenters. The fourth-order valence-electron chi connectivity index (χ4n) is 3.83. The third-order valence-electron chi connectivity index (χ3n) is 5.77. The van der Waals surface area contributed by atoms with Gasteiger partial charge in [0, 0.05) is 11.4 Å². The number of amides is 1. The number of carbonyl (C=O) groups excluding carboxylic acids is 1. The molecule has 0 saturated heterocycles. The number of benzene rings is 3. The van der Waals surface area contributed by atoms with Crippen LogP contribution in [0.15, 0.2) is 78.9 Å². The molecule has 0 radical (unpaired) electrons. The van der Waals surface area contributed by atoms with Crippen LogP contribution in [0.2, 0.25) is 0 Å². The van der Waals surface area contributed by atoms with E-state index in [4.69, 9.17) is 0 Å². The van der Waals surface area contributed by atoms with E-state index in [0.717, 1.165) is 5.56 Å². The van der Waals surface area contributed by atoms with Crippen molar-refractivity contribution in [1.82, 2.24) is 14.5 Å². The number of anilines is 1. The van der Waals surface area contributed by atoms with E-state index in [1.165, 1.54) is 10.7 Å². The Morgan fingerprint density at radius 3 is 2.47 bits per heavy atom. The summed E-state index contributed by atoms with van der Waals surface area (Å²) in [6, 6.07) is 23.7. The topological polar surface area (TPSA) is 106 Å². The Morgan fingerprint density at radius 1 is 1.05 bits per heavy atom. The highest BCUT2D eigenvalue weighted by Gasteiger charge is 2.31. The predicted molar refractivity (Wildman–Crippen MR) is 147 cm³/mol. The molecular weight excluding hydrogens is 501 g/mol. The fraction of sp³-hybridized carbons (Fsp3) is 0.207. The monoisotopic (exact) mass is 529 g/mol. The Bertz CT molecular complexity index is 1490. The van der Waals surface area contributed by atoms with Crippen molar-refractivity contribution in [3.8, 4) is 11.8 Å². The van der Waals surface area contributed by atoms with Gasteiger partial charge in [-0.15, -0.1) is 4.72 Å². The summed E-state index contributed by atoms with van der Waals surface area (Å²) in [6.07, 6.45) is 0. The molecule has 1 aromatic heterocycles. The lowest BCUT2D eigenvalue weighted by atomic mass is 9.99. The molecule has 0 aliphatic heterocycles. The van der Waals surface area contributed by atoms with Crippen LogP contribution < -0.4 is 10.0 Å². The number of halogens is 1. The van der Waals surface area contributed by atoms with E-state index >= 15 is 0 Å². The first-order chi connectivity index (χ1) is 18.1. The van der Waals surface area contributed by atoms with Crippen molar-refractivity contribution < 1.29 is 13.7 Å². The fourth-order valence-corrected chi connectivity index (χ4v) is 4.67. The van der Waals surface area contributed by atoms with E-state index in [1.807, 2.05) is 51.1 Å². The second-order valence-electron chi connectivity index (χ2n) is 9.78. The van der Waals surface area contributed by atoms with Gasteiger partial charge in [-0.3, -0.25) is 4.79 Å². The number of hydrogen-bond donors (Lipinski definition) is 2. The van der Waals surface area contributed by atoms with Gasteiger partial charge in [0.2, 0.25) is 0 Å². The zero-order valence-corrected chi connectivity index (χ0v) is 22.3. The van der Waals surface area contributed by atoms with Crippen molar-refractivity contribution >= 4 is 23.0 Å². The summed E-state index contributed by atoms with van der Waals surface area (Å²) >= 11 is -1.41. The molecule has 4 rings (SSSR count). The van der Waals surface area contributed by atoms with Gasteiger partial charge in [-0.1, -0.05) is 42.5 Å². The maximum atomic E-state index is 14.9. The number of aromatic nitrogens is 2. The number of nitrogens with zero attached hydrogens (tertiary/aromatic N) is 3. The molecule has 0 spiro atoms. The summed E-state index contributed by atoms with van der Waals surface area (Å²) in [4.78, 5) is 13.3. The molecule has 0 saturated carbocycles. The van der Waals surface area contributed by atoms with Crippen molar-refractivity contribution in [2.45, 2.75) is 38.5 Å². The lowest BCUT2D eigenvalue weighted by Crippen LogP contribution is -2.41. The summed E-state index contributed by atoms with van der Waals surface area (Å²) in [5, 5.41) is 16.3. The highest BCUT2D eigenvalue weighted by molar-refractivity contribution is 7.90. The Hall–Kier alpha value is -3.97. The van der Waals surface area contributed by atoms with E-state index in [2.05, 4.69) is 21.2 Å². The van der Waals surface area contributed by atoms with Crippen LogP contribution in [0.3, 0.4) is 0 Å². The third kappa shape index (κ3) is 6.11. The number of carbonyl (C=O) groups is 1. The molecule has 3 aromatic carbocycles. The predicted octanol–water partition coefficient (Wildman–Crippen LogP) is 5.59. The van der Waals surface area contributed by atoms with Gasteiger partial charge in [-0.2, -0.15) is 10.4 Å². The second kappa shape index (κ2) is 11.2. The first-order valence-electron chi connectivity index (χ1n) is 12.0. The van der Waals surface area contributed by atoms with Crippen LogP contribution in [0.5, 0.6) is 0 Å². The highest BCUT2D eigenvalue weighted by Crippen LogP contribution is 2.29. The standard InChI is InChI=1S/C29H28FN5O2S/c1-19-15-26(35(33-19)23-12-8-9-20(16-23)18-31)28(36)32-25-17-22(13-14-24(25)30)27(21-10-6-5-7-11-21)34-38(37)29(2,3)4/h5-17,27,34H,1-4H3,(H,32,36). The Labute approximate surface area is 224 Å². The summed E-state index contributed by atoms with van der Waals surface area (Å²) in [5.74, 6) is -1.17. The first-order valence-corrected chi connectivity index (χ1v) is 13.1. The first kappa shape index (κ1) is 27.1. The maximum absolute atomic E-state index is 14.9. The minimum atomic E-state index is -1.41. The molecule has 0 aliphatic carbocycles. The lowest BCUT2D eigenvalue weighted by Gasteiger charge is -2.28. The number of nitrogens with one attached hydrogen (secondary N) is 2. The van der Waals surface area contributed by atoms with Crippen molar-refractivity contribution in [2.24, 2.45) is 0 Å². The van der Waals surface area contributed by atoms with Crippen LogP contribution in [0, 0.1) is 24.1 Å². The minimum Gasteiger partial charge on any atom is -0.598 e. The molecule has 4 aromatic rings. The quantitative estimate of drug-likeness (QED) is 0.304. The van der Waals surface area contributed by atoms with E-state index in [9.17, 15) is 19.0 Å². The average Bonchev–Trinajstić information content (AvgIpc) is 3.30. The van der Waals surface area contributed by atoms with Crippen LogP contribution in [0.25, 0.3) is 5.69 Å². The normalized spacial score (nSPS) is 13.0. The minimum absolute atomic E-state index is 0.0204. The van der Waals surface area contributed by atoms with Gasteiger partial charge in [-0.05, 0) is 75.2 Å². The van der Waals surface area contributed by atoms with E-state index < -0.39 is 33.9 Å². The molecule has 7 nitrogen and oxygen atoms in total. The van der Waals surface area contributed by atoms with Gasteiger partial charge >= 0.3 is 0 Å². The number of hydrogen-bond acceptors (Lipinski definition) is 5. The SMILES string of the molecule is Cc1cc(C(=O)Nc2cc(C(N[S+]([O-])C(C)(C)C)c3ccccc3)ccc2F)n(-c2cccc(C#N)c2)n1. The highest BCUT2D eigenvalue weighted by atomic mass is 32.2. The summed E-state index contributed by atoms with van der Waals surface area (Å²) in [5.41, 5.74) is 3.20. The summed E-state index contributed by atoms with van der Waals surface area (Å²) in [7, 11) is 0. The summed E-state index contributed by atoms with van der Waals surface area (Å²) < 4.78 is 32.0. The van der Waals surface area contributed by atoms with Gasteiger partial charge in [0.05, 0.1) is 28.7 Å². The van der Waals surface area contributed by atoms with Gasteiger partial charge < -0.3 is 9.87 Å². The van der Waals surface area contributed by atoms with Crippen LogP contribution >= 0.6 is 0 Å². The van der Waals surface area contributed by atoms with Crippen LogP contribution in [0.1, 0.15) is 59.7 Å². The van der Waals surface area contributed by atoms with Gasteiger partial charge in [0.1, 0.15) is 22.3 Å². The van der Waals surface area contributed by atoms with Crippen molar-refractivity contribution in [3.63, 3.8) is 0 Å². The van der Waals surface area contributed by atoms with E-state index in [0.29, 0.717) is 22.5 Å². The lowest BCUT2D eigenvalue weighted by molar-refractivity contribution is 0.101. The van der Waals surface area contributed by atoms with Crippen molar-refractivity contribution in [3.05, 3.63) is 113 Å². The number of rotatable bonds is 7. The van der Waals surface area contributed by atoms with Crippen LogP contribution in [-0.4, -0.2) is 25.0 Å². The average molecular weight is 530 g/mol. The maximum Gasteiger partial charge on any atom is 0.274 e. The largest absolute Gasteiger partial charge is 0.598 e. The molecule has 1 heterocycles. The molecule has 0 fully saturated rings. The zero-order valence-electron chi connectivity index (χ0n) is 21.5. The molecule has 38 heavy (non-hydrogen) atoms. The van der Waals surface area contributed by atoms with Crippen LogP contribution in [0.4, 0.5) is 10.1 Å². The number of aryl methyl sites for hydroxylation is 1. The van der Waals surface area contributed by atoms with Crippen LogP contribution in [-0.2, 0) is 11.4 Å². The molecule has 1 amide bonds. The van der Waals surface area contributed by atoms with Gasteiger partial charge in [-0.25, -0.2) is 9.07 Å². The molecule has 194 valence electrons. The molecular formula is C29H28FN5O2S. The smallest absolute Gasteiger partial charge is 0.274 e.